The van der Waals surface area contributed by atoms with Crippen LogP contribution in [0.2, 0.25) is 0 Å². The average molecular weight is 602 g/mol. The number of carbonyl (C=O) groups excluding carboxylic acids is 1. The van der Waals surface area contributed by atoms with Crippen LogP contribution in [0.5, 0.6) is 28.7 Å². The van der Waals surface area contributed by atoms with Gasteiger partial charge in [0.2, 0.25) is 11.7 Å². The molecule has 0 spiro atoms. The van der Waals surface area contributed by atoms with E-state index in [0.717, 1.165) is 18.4 Å². The van der Waals surface area contributed by atoms with Crippen molar-refractivity contribution in [1.29, 1.82) is 0 Å². The Morgan fingerprint density at radius 2 is 1.55 bits per heavy atom. The zero-order chi connectivity index (χ0) is 31.4. The number of rotatable bonds is 10. The van der Waals surface area contributed by atoms with Gasteiger partial charge < -0.3 is 33.0 Å². The molecule has 1 aliphatic rings. The monoisotopic (exact) mass is 601 g/mol. The molecule has 0 N–H and O–H groups in total. The summed E-state index contributed by atoms with van der Waals surface area (Å²) in [5.74, 6) is 1.98. The van der Waals surface area contributed by atoms with Gasteiger partial charge in [0.25, 0.3) is 0 Å². The maximum atomic E-state index is 14.0. The molecule has 2 atom stereocenters. The number of likely N-dealkylation sites (tertiary alicyclic amines) is 1. The summed E-state index contributed by atoms with van der Waals surface area (Å²) in [5.41, 5.74) is 2.47. The second kappa shape index (κ2) is 13.3. The van der Waals surface area contributed by atoms with Crippen LogP contribution in [-0.2, 0) is 4.79 Å². The number of nitrogens with zero attached hydrogens (tertiary/aromatic N) is 1. The van der Waals surface area contributed by atoms with Gasteiger partial charge in [-0.3, -0.25) is 4.79 Å². The molecule has 3 aromatic carbocycles. The first-order chi connectivity index (χ1) is 21.3. The number of carbonyl (C=O) groups is 1. The fourth-order valence-corrected chi connectivity index (χ4v) is 6.22. The van der Waals surface area contributed by atoms with Crippen LogP contribution < -0.4 is 29.3 Å². The third-order valence-corrected chi connectivity index (χ3v) is 8.33. The van der Waals surface area contributed by atoms with Gasteiger partial charge in [-0.05, 0) is 42.0 Å². The summed E-state index contributed by atoms with van der Waals surface area (Å²) >= 11 is 0. The van der Waals surface area contributed by atoms with Gasteiger partial charge in [0.15, 0.2) is 11.5 Å². The van der Waals surface area contributed by atoms with E-state index in [0.29, 0.717) is 69.8 Å². The van der Waals surface area contributed by atoms with E-state index in [-0.39, 0.29) is 17.9 Å². The molecule has 1 saturated heterocycles. The molecule has 232 valence electrons. The van der Waals surface area contributed by atoms with E-state index in [2.05, 4.69) is 6.92 Å². The summed E-state index contributed by atoms with van der Waals surface area (Å²) in [6.07, 6.45) is 2.12. The van der Waals surface area contributed by atoms with Gasteiger partial charge in [-0.1, -0.05) is 37.3 Å². The minimum atomic E-state index is -0.619. The van der Waals surface area contributed by atoms with E-state index in [4.69, 9.17) is 28.1 Å². The van der Waals surface area contributed by atoms with Crippen molar-refractivity contribution in [2.45, 2.75) is 32.1 Å². The first kappa shape index (κ1) is 30.8. The van der Waals surface area contributed by atoms with Crippen LogP contribution in [0.25, 0.3) is 22.1 Å². The van der Waals surface area contributed by atoms with E-state index >= 15 is 0 Å². The molecule has 1 aliphatic heterocycles. The smallest absolute Gasteiger partial charge is 0.336 e. The lowest BCUT2D eigenvalue weighted by molar-refractivity contribution is -0.133. The molecule has 0 unspecified atom stereocenters. The summed E-state index contributed by atoms with van der Waals surface area (Å²) in [4.78, 5) is 29.1. The molecule has 0 bridgehead atoms. The summed E-state index contributed by atoms with van der Waals surface area (Å²) in [6.45, 7) is 3.54. The number of ether oxygens (including phenoxy) is 5. The predicted octanol–water partition coefficient (Wildman–Crippen LogP) is 6.28. The molecule has 1 aromatic heterocycles. The van der Waals surface area contributed by atoms with Crippen molar-refractivity contribution < 1.29 is 32.9 Å². The molecule has 0 saturated carbocycles. The maximum Gasteiger partial charge on any atom is 0.336 e. The lowest BCUT2D eigenvalue weighted by atomic mass is 9.84. The van der Waals surface area contributed by atoms with Crippen LogP contribution >= 0.6 is 0 Å². The number of benzene rings is 3. The van der Waals surface area contributed by atoms with E-state index in [1.54, 1.807) is 41.6 Å². The summed E-state index contributed by atoms with van der Waals surface area (Å²) < 4.78 is 34.8. The average Bonchev–Trinajstić information content (AvgIpc) is 3.05. The van der Waals surface area contributed by atoms with Gasteiger partial charge in [0.1, 0.15) is 17.1 Å². The van der Waals surface area contributed by atoms with Crippen molar-refractivity contribution in [1.82, 2.24) is 4.90 Å². The van der Waals surface area contributed by atoms with Gasteiger partial charge in [-0.15, -0.1) is 0 Å². The molecule has 1 fully saturated rings. The molecule has 5 rings (SSSR count). The Hall–Kier alpha value is -4.66. The molecule has 0 aliphatic carbocycles. The van der Waals surface area contributed by atoms with Crippen LogP contribution in [0.15, 0.2) is 63.8 Å². The third kappa shape index (κ3) is 5.91. The number of fused-ring (bicyclic) bond motifs is 1. The van der Waals surface area contributed by atoms with Crippen LogP contribution in [0.3, 0.4) is 0 Å². The molecule has 1 amide bonds. The Kier molecular flexibility index (Phi) is 9.32. The highest BCUT2D eigenvalue weighted by Crippen LogP contribution is 2.48. The molecular formula is C35H39NO8. The zero-order valence-corrected chi connectivity index (χ0v) is 26.1. The molecular weight excluding hydrogens is 562 g/mol. The van der Waals surface area contributed by atoms with E-state index in [1.807, 2.05) is 47.4 Å². The normalized spacial score (nSPS) is 15.5. The Morgan fingerprint density at radius 1 is 0.886 bits per heavy atom. The Morgan fingerprint density at radius 3 is 2.14 bits per heavy atom. The highest BCUT2D eigenvalue weighted by atomic mass is 16.5. The molecule has 2 heterocycles. The summed E-state index contributed by atoms with van der Waals surface area (Å²) in [5, 5.41) is 0.602. The van der Waals surface area contributed by atoms with Gasteiger partial charge in [-0.25, -0.2) is 4.79 Å². The number of methoxy groups -OCH3 is 5. The topological polar surface area (TPSA) is 96.7 Å². The second-order valence-corrected chi connectivity index (χ2v) is 11.0. The van der Waals surface area contributed by atoms with Crippen LogP contribution in [-0.4, -0.2) is 59.4 Å². The number of amides is 1. The van der Waals surface area contributed by atoms with Gasteiger partial charge in [0.05, 0.1) is 40.9 Å². The minimum absolute atomic E-state index is 0.0112. The summed E-state index contributed by atoms with van der Waals surface area (Å²) in [7, 11) is 7.74. The molecule has 4 aromatic rings. The lowest BCUT2D eigenvalue weighted by Crippen LogP contribution is -2.39. The number of piperidine rings is 1. The lowest BCUT2D eigenvalue weighted by Gasteiger charge is -2.32. The number of hydrogen-bond donors (Lipinski definition) is 0. The van der Waals surface area contributed by atoms with Crippen molar-refractivity contribution in [2.24, 2.45) is 5.92 Å². The SMILES string of the molecule is COc1cc([C@@H](CC(=O)N2CCC[C@H](C)C2)c2c(OC)cc(OC)c3c(-c4ccccc4)cc(=O)oc23)cc(OC)c1OC. The fraction of sp³-hybridized carbons (Fsp3) is 0.371. The number of hydrogen-bond acceptors (Lipinski definition) is 8. The van der Waals surface area contributed by atoms with Crippen LogP contribution in [0.4, 0.5) is 0 Å². The van der Waals surface area contributed by atoms with Crippen molar-refractivity contribution in [3.05, 3.63) is 76.1 Å². The van der Waals surface area contributed by atoms with E-state index in [9.17, 15) is 9.59 Å². The van der Waals surface area contributed by atoms with E-state index < -0.39 is 11.5 Å². The molecule has 0 radical (unpaired) electrons. The van der Waals surface area contributed by atoms with Gasteiger partial charge in [0, 0.05) is 48.7 Å². The van der Waals surface area contributed by atoms with Crippen molar-refractivity contribution in [2.75, 3.05) is 48.6 Å². The predicted molar refractivity (Wildman–Crippen MR) is 169 cm³/mol. The quantitative estimate of drug-likeness (QED) is 0.196. The maximum absolute atomic E-state index is 14.0. The standard InChI is InChI=1S/C35H39NO8/c1-21-11-10-14-36(20-21)30(37)17-24(23-15-28(41-4)34(43-6)29(16-23)42-5)32-26(39-2)19-27(40-3)33-25(18-31(38)44-35(32)33)22-12-8-7-9-13-22/h7-9,12-13,15-16,18-19,21,24H,10-11,14,17,20H2,1-6H3/t21-,24+/m0/s1. The highest BCUT2D eigenvalue weighted by molar-refractivity contribution is 6.01. The second-order valence-electron chi connectivity index (χ2n) is 11.0. The third-order valence-electron chi connectivity index (χ3n) is 8.33. The fourth-order valence-electron chi connectivity index (χ4n) is 6.22. The van der Waals surface area contributed by atoms with E-state index in [1.165, 1.54) is 6.07 Å². The Bertz CT molecular complexity index is 1670. The Balaban J connectivity index is 1.82. The first-order valence-electron chi connectivity index (χ1n) is 14.7. The first-order valence-corrected chi connectivity index (χ1v) is 14.7. The van der Waals surface area contributed by atoms with Crippen LogP contribution in [0.1, 0.15) is 43.2 Å². The largest absolute Gasteiger partial charge is 0.496 e. The van der Waals surface area contributed by atoms with Gasteiger partial charge >= 0.3 is 5.63 Å². The van der Waals surface area contributed by atoms with Crippen molar-refractivity contribution in [3.63, 3.8) is 0 Å². The minimum Gasteiger partial charge on any atom is -0.496 e. The summed E-state index contributed by atoms with van der Waals surface area (Å²) in [6, 6.07) is 16.5. The van der Waals surface area contributed by atoms with Gasteiger partial charge in [-0.2, -0.15) is 0 Å². The molecule has 9 nitrogen and oxygen atoms in total. The Labute approximate surface area is 257 Å². The van der Waals surface area contributed by atoms with Crippen molar-refractivity contribution in [3.8, 4) is 39.9 Å². The van der Waals surface area contributed by atoms with Crippen molar-refractivity contribution >= 4 is 16.9 Å². The zero-order valence-electron chi connectivity index (χ0n) is 26.1. The van der Waals surface area contributed by atoms with Crippen LogP contribution in [0, 0.1) is 5.92 Å². The molecule has 44 heavy (non-hydrogen) atoms. The highest BCUT2D eigenvalue weighted by Gasteiger charge is 2.32. The molecule has 9 heteroatoms.